The summed E-state index contributed by atoms with van der Waals surface area (Å²) in [5, 5.41) is 6.63. The maximum atomic E-state index is 13.1. The Morgan fingerprint density at radius 3 is 1.47 bits per heavy atom. The zero-order valence-corrected chi connectivity index (χ0v) is 22.4. The Balaban J connectivity index is 0.00000289. The van der Waals surface area contributed by atoms with Gasteiger partial charge in [0.05, 0.1) is 0 Å². The van der Waals surface area contributed by atoms with E-state index in [0.29, 0.717) is 36.4 Å². The Labute approximate surface area is 217 Å². The van der Waals surface area contributed by atoms with Gasteiger partial charge >= 0.3 is 0 Å². The highest BCUT2D eigenvalue weighted by Crippen LogP contribution is 2.40. The van der Waals surface area contributed by atoms with Crippen LogP contribution in [0.25, 0.3) is 11.1 Å². The predicted octanol–water partition coefficient (Wildman–Crippen LogP) is 6.06. The molecule has 190 valence electrons. The normalized spacial score (nSPS) is 13.2. The molecule has 3 rings (SSSR count). The second-order valence-electron chi connectivity index (χ2n) is 8.62. The zero-order valence-electron chi connectivity index (χ0n) is 20.8. The molecule has 1 aliphatic carbocycles. The summed E-state index contributed by atoms with van der Waals surface area (Å²) in [4.78, 5) is 13.1. The number of carbonyl (C=O) groups is 1. The summed E-state index contributed by atoms with van der Waals surface area (Å²) < 4.78 is 12.0. The van der Waals surface area contributed by atoms with E-state index in [-0.39, 0.29) is 30.6 Å². The number of hydrogen-bond donors (Lipinski definition) is 2. The molecule has 2 unspecified atom stereocenters. The second kappa shape index (κ2) is 15.3. The van der Waals surface area contributed by atoms with Gasteiger partial charge in [0.25, 0.3) is 0 Å². The number of ether oxygens (including phenoxy) is 2. The number of unbranched alkanes of at least 4 members (excludes halogenated alkanes) is 2. The SMILES string of the molecule is CCCCC(COc1ccc2c(c1)C(=O)c1cc(OCC(CCCC)NC)ccc1-2)NC.Cl.Cl. The number of halogens is 2. The third kappa shape index (κ3) is 7.61. The van der Waals surface area contributed by atoms with Gasteiger partial charge in [0.1, 0.15) is 24.7 Å². The lowest BCUT2D eigenvalue weighted by molar-refractivity contribution is 0.104. The molecule has 0 bridgehead atoms. The number of rotatable bonds is 14. The van der Waals surface area contributed by atoms with E-state index in [0.717, 1.165) is 35.5 Å². The van der Waals surface area contributed by atoms with E-state index in [4.69, 9.17) is 9.47 Å². The topological polar surface area (TPSA) is 59.6 Å². The first kappa shape index (κ1) is 30.2. The van der Waals surface area contributed by atoms with E-state index in [1.165, 1.54) is 25.7 Å². The van der Waals surface area contributed by atoms with Crippen LogP contribution in [0.1, 0.15) is 68.3 Å². The van der Waals surface area contributed by atoms with Gasteiger partial charge in [-0.2, -0.15) is 0 Å². The monoisotopic (exact) mass is 510 g/mol. The third-order valence-electron chi connectivity index (χ3n) is 6.29. The van der Waals surface area contributed by atoms with Crippen molar-refractivity contribution in [3.8, 4) is 22.6 Å². The number of hydrogen-bond acceptors (Lipinski definition) is 5. The van der Waals surface area contributed by atoms with E-state index >= 15 is 0 Å². The molecule has 2 N–H and O–H groups in total. The Kier molecular flexibility index (Phi) is 13.6. The molecule has 0 heterocycles. The smallest absolute Gasteiger partial charge is 0.194 e. The minimum atomic E-state index is 0. The predicted molar refractivity (Wildman–Crippen MR) is 146 cm³/mol. The maximum Gasteiger partial charge on any atom is 0.194 e. The van der Waals surface area contributed by atoms with Crippen molar-refractivity contribution >= 4 is 30.6 Å². The molecular formula is C27H40Cl2N2O3. The molecule has 0 saturated heterocycles. The third-order valence-corrected chi connectivity index (χ3v) is 6.29. The molecule has 2 atom stereocenters. The Morgan fingerprint density at radius 1 is 0.706 bits per heavy atom. The number of ketones is 1. The molecule has 5 nitrogen and oxygen atoms in total. The van der Waals surface area contributed by atoms with Crippen LogP contribution in [0.4, 0.5) is 0 Å². The van der Waals surface area contributed by atoms with Gasteiger partial charge in [0.15, 0.2) is 5.78 Å². The molecule has 34 heavy (non-hydrogen) atoms. The number of carbonyl (C=O) groups excluding carboxylic acids is 1. The van der Waals surface area contributed by atoms with Crippen molar-refractivity contribution in [2.75, 3.05) is 27.3 Å². The van der Waals surface area contributed by atoms with Gasteiger partial charge in [0.2, 0.25) is 0 Å². The van der Waals surface area contributed by atoms with Crippen molar-refractivity contribution < 1.29 is 14.3 Å². The first-order chi connectivity index (χ1) is 15.6. The van der Waals surface area contributed by atoms with E-state index in [2.05, 4.69) is 24.5 Å². The summed E-state index contributed by atoms with van der Waals surface area (Å²) in [7, 11) is 3.93. The van der Waals surface area contributed by atoms with Crippen LogP contribution in [0.3, 0.4) is 0 Å². The molecule has 0 saturated carbocycles. The van der Waals surface area contributed by atoms with Crippen LogP contribution in [0, 0.1) is 0 Å². The van der Waals surface area contributed by atoms with E-state index in [1.54, 1.807) is 0 Å². The first-order valence-electron chi connectivity index (χ1n) is 12.0. The fraction of sp³-hybridized carbons (Fsp3) is 0.519. The molecule has 1 aliphatic rings. The van der Waals surface area contributed by atoms with Gasteiger partial charge in [-0.3, -0.25) is 4.79 Å². The van der Waals surface area contributed by atoms with Gasteiger partial charge < -0.3 is 20.1 Å². The van der Waals surface area contributed by atoms with Crippen LogP contribution < -0.4 is 20.1 Å². The van der Waals surface area contributed by atoms with Crippen LogP contribution >= 0.6 is 24.8 Å². The highest BCUT2D eigenvalue weighted by Gasteiger charge is 2.28. The van der Waals surface area contributed by atoms with Crippen molar-refractivity contribution in [2.45, 2.75) is 64.5 Å². The van der Waals surface area contributed by atoms with E-state index in [1.807, 2.05) is 50.5 Å². The quantitative estimate of drug-likeness (QED) is 0.276. The zero-order chi connectivity index (χ0) is 22.9. The Bertz CT molecular complexity index is 836. The van der Waals surface area contributed by atoms with Crippen LogP contribution in [-0.2, 0) is 0 Å². The van der Waals surface area contributed by atoms with Crippen LogP contribution in [-0.4, -0.2) is 45.2 Å². The molecule has 0 amide bonds. The summed E-state index contributed by atoms with van der Waals surface area (Å²) in [6, 6.07) is 12.3. The van der Waals surface area contributed by atoms with Gasteiger partial charge in [0, 0.05) is 23.2 Å². The van der Waals surface area contributed by atoms with Crippen LogP contribution in [0.15, 0.2) is 36.4 Å². The highest BCUT2D eigenvalue weighted by atomic mass is 35.5. The number of likely N-dealkylation sites (N-methyl/N-ethyl adjacent to an activating group) is 2. The molecule has 2 aromatic carbocycles. The van der Waals surface area contributed by atoms with E-state index < -0.39 is 0 Å². The summed E-state index contributed by atoms with van der Waals surface area (Å²) in [6.07, 6.45) is 6.85. The average molecular weight is 512 g/mol. The summed E-state index contributed by atoms with van der Waals surface area (Å²) in [5.41, 5.74) is 3.35. The summed E-state index contributed by atoms with van der Waals surface area (Å²) in [5.74, 6) is 1.52. The van der Waals surface area contributed by atoms with Crippen LogP contribution in [0.5, 0.6) is 11.5 Å². The average Bonchev–Trinajstić information content (AvgIpc) is 3.10. The lowest BCUT2D eigenvalue weighted by Gasteiger charge is -2.17. The molecule has 0 aromatic heterocycles. The summed E-state index contributed by atoms with van der Waals surface area (Å²) >= 11 is 0. The molecule has 0 aliphatic heterocycles. The van der Waals surface area contributed by atoms with Gasteiger partial charge in [-0.25, -0.2) is 0 Å². The Morgan fingerprint density at radius 2 is 1.12 bits per heavy atom. The van der Waals surface area contributed by atoms with Crippen molar-refractivity contribution in [3.05, 3.63) is 47.5 Å². The fourth-order valence-electron chi connectivity index (χ4n) is 4.13. The molecule has 0 radical (unpaired) electrons. The standard InChI is InChI=1S/C27H38N2O3.2ClH/c1-5-7-9-19(28-3)17-31-21-11-13-23-24-14-12-22(16-26(24)27(30)25(23)15-21)32-18-20(29-4)10-8-6-2;;/h11-16,19-20,28-29H,5-10,17-18H2,1-4H3;2*1H. The van der Waals surface area contributed by atoms with E-state index in [9.17, 15) is 4.79 Å². The lowest BCUT2D eigenvalue weighted by atomic mass is 10.1. The number of fused-ring (bicyclic) bond motifs is 3. The number of nitrogens with one attached hydrogen (secondary N) is 2. The summed E-state index contributed by atoms with van der Waals surface area (Å²) in [6.45, 7) is 5.58. The molecular weight excluding hydrogens is 471 g/mol. The second-order valence-corrected chi connectivity index (χ2v) is 8.62. The van der Waals surface area contributed by atoms with Gasteiger partial charge in [-0.15, -0.1) is 24.8 Å². The maximum absolute atomic E-state index is 13.1. The van der Waals surface area contributed by atoms with Crippen molar-refractivity contribution in [1.29, 1.82) is 0 Å². The highest BCUT2D eigenvalue weighted by molar-refractivity contribution is 6.22. The van der Waals surface area contributed by atoms with Gasteiger partial charge in [-0.1, -0.05) is 39.5 Å². The van der Waals surface area contributed by atoms with Crippen molar-refractivity contribution in [1.82, 2.24) is 10.6 Å². The van der Waals surface area contributed by atoms with Crippen LogP contribution in [0.2, 0.25) is 0 Å². The Hall–Kier alpha value is -1.79. The number of benzene rings is 2. The minimum absolute atomic E-state index is 0. The lowest BCUT2D eigenvalue weighted by Crippen LogP contribution is -2.31. The van der Waals surface area contributed by atoms with Gasteiger partial charge in [-0.05, 0) is 74.5 Å². The van der Waals surface area contributed by atoms with Crippen molar-refractivity contribution in [3.63, 3.8) is 0 Å². The first-order valence-corrected chi connectivity index (χ1v) is 12.0. The molecule has 0 spiro atoms. The largest absolute Gasteiger partial charge is 0.492 e. The minimum Gasteiger partial charge on any atom is -0.492 e. The molecule has 0 fully saturated rings. The fourth-order valence-corrected chi connectivity index (χ4v) is 4.13. The van der Waals surface area contributed by atoms with Crippen molar-refractivity contribution in [2.24, 2.45) is 0 Å². The molecule has 7 heteroatoms. The molecule has 2 aromatic rings.